The highest BCUT2D eigenvalue weighted by Crippen LogP contribution is 2.26. The van der Waals surface area contributed by atoms with Crippen molar-refractivity contribution in [3.05, 3.63) is 52.2 Å². The summed E-state index contributed by atoms with van der Waals surface area (Å²) in [5.41, 5.74) is 8.78. The van der Waals surface area contributed by atoms with Crippen LogP contribution in [0.25, 0.3) is 0 Å². The zero-order valence-electron chi connectivity index (χ0n) is 10.8. The summed E-state index contributed by atoms with van der Waals surface area (Å²) >= 11 is 1.72. The molecule has 0 amide bonds. The third-order valence-corrected chi connectivity index (χ3v) is 4.53. The maximum Gasteiger partial charge on any atom is 0.0646 e. The van der Waals surface area contributed by atoms with Crippen molar-refractivity contribution in [2.45, 2.75) is 18.9 Å². The molecule has 1 atom stereocenters. The molecule has 0 saturated carbocycles. The van der Waals surface area contributed by atoms with E-state index in [1.807, 2.05) is 0 Å². The molecule has 1 aliphatic rings. The van der Waals surface area contributed by atoms with Crippen LogP contribution in [0.5, 0.6) is 0 Å². The Labute approximate surface area is 124 Å². The van der Waals surface area contributed by atoms with Gasteiger partial charge in [0.2, 0.25) is 0 Å². The van der Waals surface area contributed by atoms with Crippen molar-refractivity contribution in [1.82, 2.24) is 0 Å². The van der Waals surface area contributed by atoms with Gasteiger partial charge in [0.1, 0.15) is 0 Å². The topological polar surface area (TPSA) is 29.3 Å². The Morgan fingerprint density at radius 3 is 2.32 bits per heavy atom. The zero-order chi connectivity index (χ0) is 12.4. The van der Waals surface area contributed by atoms with Gasteiger partial charge in [0, 0.05) is 23.7 Å². The lowest BCUT2D eigenvalue weighted by Crippen LogP contribution is -2.17. The number of thiophene rings is 1. The highest BCUT2D eigenvalue weighted by Gasteiger charge is 2.13. The third kappa shape index (κ3) is 3.11. The molecule has 0 bridgehead atoms. The summed E-state index contributed by atoms with van der Waals surface area (Å²) in [6.07, 6.45) is 2.63. The first-order valence-electron chi connectivity index (χ1n) is 6.48. The van der Waals surface area contributed by atoms with Gasteiger partial charge in [-0.1, -0.05) is 18.2 Å². The van der Waals surface area contributed by atoms with Crippen molar-refractivity contribution in [2.24, 2.45) is 5.73 Å². The van der Waals surface area contributed by atoms with E-state index < -0.39 is 0 Å². The standard InChI is InChI=1S/C15H18N2S.ClH/c16-15(14-4-3-11-18-14)12-5-7-13(8-6-12)17-9-1-2-10-17;/h3-8,11,15H,1-2,9-10,16H2;1H/t15-;/m0./s1. The molecular formula is C15H19ClN2S. The minimum atomic E-state index is 0. The predicted octanol–water partition coefficient (Wildman–Crippen LogP) is 3.82. The minimum Gasteiger partial charge on any atom is -0.372 e. The number of halogens is 1. The van der Waals surface area contributed by atoms with E-state index in [4.69, 9.17) is 5.73 Å². The zero-order valence-corrected chi connectivity index (χ0v) is 12.4. The minimum absolute atomic E-state index is 0. The Bertz CT molecular complexity index is 489. The molecular weight excluding hydrogens is 276 g/mol. The average Bonchev–Trinajstić information content (AvgIpc) is 3.11. The van der Waals surface area contributed by atoms with Gasteiger partial charge >= 0.3 is 0 Å². The first-order chi connectivity index (χ1) is 8.84. The molecule has 0 unspecified atom stereocenters. The molecule has 4 heteroatoms. The highest BCUT2D eigenvalue weighted by atomic mass is 35.5. The summed E-state index contributed by atoms with van der Waals surface area (Å²) < 4.78 is 0. The van der Waals surface area contributed by atoms with Gasteiger partial charge in [-0.3, -0.25) is 0 Å². The van der Waals surface area contributed by atoms with Crippen molar-refractivity contribution in [3.8, 4) is 0 Å². The molecule has 1 aliphatic heterocycles. The van der Waals surface area contributed by atoms with Crippen molar-refractivity contribution < 1.29 is 0 Å². The van der Waals surface area contributed by atoms with Crippen molar-refractivity contribution >= 4 is 29.4 Å². The SMILES string of the molecule is Cl.N[C@@H](c1ccc(N2CCCC2)cc1)c1cccs1. The van der Waals surface area contributed by atoms with E-state index in [2.05, 4.69) is 46.7 Å². The molecule has 2 aromatic rings. The number of rotatable bonds is 3. The summed E-state index contributed by atoms with van der Waals surface area (Å²) in [6, 6.07) is 12.9. The van der Waals surface area contributed by atoms with Gasteiger partial charge in [0.25, 0.3) is 0 Å². The molecule has 2 nitrogen and oxygen atoms in total. The summed E-state index contributed by atoms with van der Waals surface area (Å²) in [5.74, 6) is 0. The lowest BCUT2D eigenvalue weighted by molar-refractivity contribution is 0.890. The maximum absolute atomic E-state index is 6.26. The summed E-state index contributed by atoms with van der Waals surface area (Å²) in [4.78, 5) is 3.67. The molecule has 1 aromatic heterocycles. The average molecular weight is 295 g/mol. The Morgan fingerprint density at radius 2 is 1.74 bits per heavy atom. The molecule has 0 spiro atoms. The molecule has 1 saturated heterocycles. The first kappa shape index (κ1) is 14.4. The molecule has 19 heavy (non-hydrogen) atoms. The van der Waals surface area contributed by atoms with Crippen LogP contribution in [-0.4, -0.2) is 13.1 Å². The Kier molecular flexibility index (Phi) is 4.86. The fourth-order valence-electron chi connectivity index (χ4n) is 2.50. The highest BCUT2D eigenvalue weighted by molar-refractivity contribution is 7.10. The second-order valence-corrected chi connectivity index (χ2v) is 5.76. The van der Waals surface area contributed by atoms with Gasteiger partial charge < -0.3 is 10.6 Å². The molecule has 0 aliphatic carbocycles. The van der Waals surface area contributed by atoms with Crippen molar-refractivity contribution in [2.75, 3.05) is 18.0 Å². The van der Waals surface area contributed by atoms with Crippen LogP contribution < -0.4 is 10.6 Å². The number of benzene rings is 1. The van der Waals surface area contributed by atoms with Crippen LogP contribution in [0.3, 0.4) is 0 Å². The van der Waals surface area contributed by atoms with Gasteiger partial charge in [-0.15, -0.1) is 23.7 Å². The van der Waals surface area contributed by atoms with E-state index in [-0.39, 0.29) is 18.4 Å². The van der Waals surface area contributed by atoms with E-state index in [0.29, 0.717) is 0 Å². The number of anilines is 1. The smallest absolute Gasteiger partial charge is 0.0646 e. The van der Waals surface area contributed by atoms with Crippen LogP contribution in [-0.2, 0) is 0 Å². The van der Waals surface area contributed by atoms with Gasteiger partial charge in [-0.2, -0.15) is 0 Å². The maximum atomic E-state index is 6.26. The monoisotopic (exact) mass is 294 g/mol. The molecule has 3 rings (SSSR count). The molecule has 2 N–H and O–H groups in total. The normalized spacial score (nSPS) is 16.2. The summed E-state index contributed by atoms with van der Waals surface area (Å²) in [7, 11) is 0. The lowest BCUT2D eigenvalue weighted by atomic mass is 10.1. The van der Waals surface area contributed by atoms with Crippen LogP contribution in [0.1, 0.15) is 29.3 Å². The molecule has 2 heterocycles. The fourth-order valence-corrected chi connectivity index (χ4v) is 3.25. The Morgan fingerprint density at radius 1 is 1.05 bits per heavy atom. The van der Waals surface area contributed by atoms with Crippen LogP contribution >= 0.6 is 23.7 Å². The third-order valence-electron chi connectivity index (χ3n) is 3.57. The predicted molar refractivity (Wildman–Crippen MR) is 85.5 cm³/mol. The molecule has 1 fully saturated rings. The fraction of sp³-hybridized carbons (Fsp3) is 0.333. The van der Waals surface area contributed by atoms with E-state index >= 15 is 0 Å². The van der Waals surface area contributed by atoms with Crippen LogP contribution in [0.2, 0.25) is 0 Å². The van der Waals surface area contributed by atoms with Crippen molar-refractivity contribution in [1.29, 1.82) is 0 Å². The van der Waals surface area contributed by atoms with Gasteiger partial charge in [0.05, 0.1) is 6.04 Å². The molecule has 0 radical (unpaired) electrons. The summed E-state index contributed by atoms with van der Waals surface area (Å²) in [5, 5.41) is 2.08. The van der Waals surface area contributed by atoms with E-state index in [9.17, 15) is 0 Å². The van der Waals surface area contributed by atoms with Gasteiger partial charge in [0.15, 0.2) is 0 Å². The summed E-state index contributed by atoms with van der Waals surface area (Å²) in [6.45, 7) is 2.38. The Balaban J connectivity index is 0.00000133. The molecule has 1 aromatic carbocycles. The second kappa shape index (κ2) is 6.42. The number of hydrogen-bond acceptors (Lipinski definition) is 3. The molecule has 102 valence electrons. The second-order valence-electron chi connectivity index (χ2n) is 4.78. The van der Waals surface area contributed by atoms with Crippen molar-refractivity contribution in [3.63, 3.8) is 0 Å². The number of hydrogen-bond donors (Lipinski definition) is 1. The van der Waals surface area contributed by atoms with E-state index in [0.717, 1.165) is 0 Å². The van der Waals surface area contributed by atoms with Gasteiger partial charge in [-0.25, -0.2) is 0 Å². The Hall–Kier alpha value is -1.03. The van der Waals surface area contributed by atoms with E-state index in [1.54, 1.807) is 11.3 Å². The van der Waals surface area contributed by atoms with Gasteiger partial charge in [-0.05, 0) is 42.0 Å². The largest absolute Gasteiger partial charge is 0.372 e. The number of nitrogens with two attached hydrogens (primary N) is 1. The van der Waals surface area contributed by atoms with Crippen LogP contribution in [0, 0.1) is 0 Å². The quantitative estimate of drug-likeness (QED) is 0.932. The van der Waals surface area contributed by atoms with Crippen LogP contribution in [0.15, 0.2) is 41.8 Å². The first-order valence-corrected chi connectivity index (χ1v) is 7.36. The van der Waals surface area contributed by atoms with E-state index in [1.165, 1.54) is 42.1 Å². The van der Waals surface area contributed by atoms with Crippen LogP contribution in [0.4, 0.5) is 5.69 Å². The number of nitrogens with zero attached hydrogens (tertiary/aromatic N) is 1. The lowest BCUT2D eigenvalue weighted by Gasteiger charge is -2.18.